The molecule has 0 atom stereocenters. The highest BCUT2D eigenvalue weighted by molar-refractivity contribution is 7.93. The number of thiophene rings is 1. The number of carbonyl (C=O) groups is 1. The molecule has 1 aromatic carbocycles. The molecule has 0 bridgehead atoms. The second-order valence-electron chi connectivity index (χ2n) is 6.71. The average molecular weight is 487 g/mol. The molecule has 0 saturated carbocycles. The third kappa shape index (κ3) is 4.12. The second kappa shape index (κ2) is 7.50. The van der Waals surface area contributed by atoms with E-state index < -0.39 is 22.0 Å². The Balaban J connectivity index is 1.60. The summed E-state index contributed by atoms with van der Waals surface area (Å²) >= 11 is 6.94. The van der Waals surface area contributed by atoms with Crippen molar-refractivity contribution in [2.24, 2.45) is 0 Å². The van der Waals surface area contributed by atoms with Crippen LogP contribution in [-0.2, 0) is 16.4 Å². The minimum absolute atomic E-state index is 0.00981. The molecule has 31 heavy (non-hydrogen) atoms. The topological polar surface area (TPSA) is 148 Å². The molecule has 13 heteroatoms. The Kier molecular flexibility index (Phi) is 5.22. The van der Waals surface area contributed by atoms with Gasteiger partial charge in [0.05, 0.1) is 4.88 Å². The van der Waals surface area contributed by atoms with Gasteiger partial charge < -0.3 is 14.0 Å². The number of Topliss-reactive ketones (excluding diaryl/α,β-unsaturated/α-hetero) is 1. The summed E-state index contributed by atoms with van der Waals surface area (Å²) in [7, 11) is -4.17. The van der Waals surface area contributed by atoms with E-state index in [1.807, 2.05) is 0 Å². The number of halogens is 1. The van der Waals surface area contributed by atoms with Crippen molar-refractivity contribution in [2.45, 2.75) is 31.3 Å². The lowest BCUT2D eigenvalue weighted by atomic mass is 10.0. The lowest BCUT2D eigenvalue weighted by Crippen LogP contribution is -2.37. The standard InChI is InChI=1S/C18H15ClN2O8S2/c1-8-5-12-13(28-18(23,24)27-12)7-10(8)6-11(22)16-14(3-4-30-16)31(25,26)21-17-15(19)9(2)20-29-17/h3-5,7,21,23-24H,6H2,1-2H3. The Morgan fingerprint density at radius 1 is 1.26 bits per heavy atom. The number of fused-ring (bicyclic) bond motifs is 1. The first-order valence-corrected chi connectivity index (χ1v) is 11.4. The predicted octanol–water partition coefficient (Wildman–Crippen LogP) is 2.60. The molecule has 1 aliphatic heterocycles. The van der Waals surface area contributed by atoms with Gasteiger partial charge in [-0.25, -0.2) is 13.1 Å². The zero-order valence-electron chi connectivity index (χ0n) is 16.0. The molecule has 0 fully saturated rings. The van der Waals surface area contributed by atoms with Crippen molar-refractivity contribution in [1.29, 1.82) is 0 Å². The number of anilines is 1. The summed E-state index contributed by atoms with van der Waals surface area (Å²) in [6.07, 6.45) is -2.93. The number of sulfonamides is 1. The van der Waals surface area contributed by atoms with Gasteiger partial charge in [-0.3, -0.25) is 15.0 Å². The van der Waals surface area contributed by atoms with Crippen LogP contribution in [0.15, 0.2) is 33.0 Å². The van der Waals surface area contributed by atoms with Gasteiger partial charge in [0, 0.05) is 6.42 Å². The molecule has 10 nitrogen and oxygen atoms in total. The Morgan fingerprint density at radius 3 is 2.58 bits per heavy atom. The second-order valence-corrected chi connectivity index (χ2v) is 9.65. The van der Waals surface area contributed by atoms with Gasteiger partial charge in [-0.2, -0.15) is 0 Å². The third-order valence-electron chi connectivity index (χ3n) is 4.43. The number of nitrogens with one attached hydrogen (secondary N) is 1. The van der Waals surface area contributed by atoms with Crippen molar-refractivity contribution in [3.8, 4) is 11.5 Å². The quantitative estimate of drug-likeness (QED) is 0.353. The van der Waals surface area contributed by atoms with E-state index >= 15 is 0 Å². The summed E-state index contributed by atoms with van der Waals surface area (Å²) in [4.78, 5) is 12.7. The number of rotatable bonds is 6. The van der Waals surface area contributed by atoms with Gasteiger partial charge in [0.1, 0.15) is 15.6 Å². The summed E-state index contributed by atoms with van der Waals surface area (Å²) < 4.78 is 42.4. The number of ketones is 1. The predicted molar refractivity (Wildman–Crippen MR) is 109 cm³/mol. The monoisotopic (exact) mass is 486 g/mol. The zero-order valence-corrected chi connectivity index (χ0v) is 18.4. The van der Waals surface area contributed by atoms with Crippen LogP contribution >= 0.6 is 22.9 Å². The van der Waals surface area contributed by atoms with E-state index in [0.29, 0.717) is 16.8 Å². The van der Waals surface area contributed by atoms with Crippen LogP contribution in [-0.4, -0.2) is 35.7 Å². The molecule has 4 rings (SSSR count). The highest BCUT2D eigenvalue weighted by Gasteiger charge is 2.38. The van der Waals surface area contributed by atoms with Crippen LogP contribution in [0.5, 0.6) is 11.5 Å². The number of aromatic nitrogens is 1. The maximum absolute atomic E-state index is 12.9. The van der Waals surface area contributed by atoms with Gasteiger partial charge >= 0.3 is 6.16 Å². The van der Waals surface area contributed by atoms with E-state index in [1.165, 1.54) is 23.6 Å². The fourth-order valence-corrected chi connectivity index (χ4v) is 5.48. The number of hydrogen-bond acceptors (Lipinski definition) is 10. The molecular formula is C18H15ClN2O8S2. The first kappa shape index (κ1) is 21.6. The summed E-state index contributed by atoms with van der Waals surface area (Å²) in [6, 6.07) is 4.23. The van der Waals surface area contributed by atoms with E-state index in [-0.39, 0.29) is 38.6 Å². The summed E-state index contributed by atoms with van der Waals surface area (Å²) in [5.41, 5.74) is 1.44. The molecule has 0 amide bonds. The van der Waals surface area contributed by atoms with Crippen molar-refractivity contribution in [3.05, 3.63) is 50.3 Å². The van der Waals surface area contributed by atoms with Crippen LogP contribution in [0.2, 0.25) is 5.02 Å². The SMILES string of the molecule is Cc1cc2c(cc1CC(=O)c1sccc1S(=O)(=O)Nc1onc(C)c1Cl)OC(O)(O)O2. The molecule has 0 unspecified atom stereocenters. The highest BCUT2D eigenvalue weighted by atomic mass is 35.5. The molecular weight excluding hydrogens is 472 g/mol. The van der Waals surface area contributed by atoms with Gasteiger partial charge in [-0.15, -0.1) is 11.3 Å². The van der Waals surface area contributed by atoms with E-state index in [9.17, 15) is 23.4 Å². The van der Waals surface area contributed by atoms with E-state index in [0.717, 1.165) is 11.3 Å². The van der Waals surface area contributed by atoms with Crippen LogP contribution in [0.25, 0.3) is 0 Å². The van der Waals surface area contributed by atoms with Crippen molar-refractivity contribution in [3.63, 3.8) is 0 Å². The molecule has 0 spiro atoms. The molecule has 164 valence electrons. The van der Waals surface area contributed by atoms with Crippen molar-refractivity contribution in [1.82, 2.24) is 5.16 Å². The van der Waals surface area contributed by atoms with Gasteiger partial charge in [0.25, 0.3) is 15.9 Å². The lowest BCUT2D eigenvalue weighted by molar-refractivity contribution is -0.385. The largest absolute Gasteiger partial charge is 0.505 e. The molecule has 0 saturated heterocycles. The highest BCUT2D eigenvalue weighted by Crippen LogP contribution is 2.40. The van der Waals surface area contributed by atoms with E-state index in [2.05, 4.69) is 9.88 Å². The zero-order chi connectivity index (χ0) is 22.6. The van der Waals surface area contributed by atoms with Crippen LogP contribution in [0.4, 0.5) is 5.88 Å². The molecule has 3 heterocycles. The number of hydrogen-bond donors (Lipinski definition) is 3. The molecule has 2 aromatic heterocycles. The number of benzene rings is 1. The van der Waals surface area contributed by atoms with E-state index in [4.69, 9.17) is 25.6 Å². The number of ether oxygens (including phenoxy) is 2. The van der Waals surface area contributed by atoms with Gasteiger partial charge in [0.15, 0.2) is 17.3 Å². The summed E-state index contributed by atoms with van der Waals surface area (Å²) in [5.74, 6) is -0.542. The van der Waals surface area contributed by atoms with Crippen LogP contribution in [0.1, 0.15) is 26.5 Å². The van der Waals surface area contributed by atoms with Crippen LogP contribution in [0, 0.1) is 13.8 Å². The Morgan fingerprint density at radius 2 is 1.94 bits per heavy atom. The number of carbonyl (C=O) groups excluding carboxylic acids is 1. The number of nitrogens with zero attached hydrogens (tertiary/aromatic N) is 1. The maximum Gasteiger partial charge on any atom is 0.505 e. The third-order valence-corrected chi connectivity index (χ3v) is 7.33. The van der Waals surface area contributed by atoms with Crippen molar-refractivity contribution < 1.29 is 37.4 Å². The van der Waals surface area contributed by atoms with Gasteiger partial charge in [-0.1, -0.05) is 16.8 Å². The van der Waals surface area contributed by atoms with Crippen molar-refractivity contribution in [2.75, 3.05) is 4.72 Å². The maximum atomic E-state index is 12.9. The Labute approximate surface area is 185 Å². The molecule has 3 aromatic rings. The number of aliphatic hydroxyl groups is 2. The molecule has 0 radical (unpaired) electrons. The first-order valence-electron chi connectivity index (χ1n) is 8.68. The molecule has 1 aliphatic rings. The Hall–Kier alpha value is -2.64. The smallest absolute Gasteiger partial charge is 0.403 e. The summed E-state index contributed by atoms with van der Waals surface area (Å²) in [6.45, 7) is 3.25. The van der Waals surface area contributed by atoms with Gasteiger partial charge in [-0.05, 0) is 48.6 Å². The van der Waals surface area contributed by atoms with Crippen LogP contribution in [0.3, 0.4) is 0 Å². The lowest BCUT2D eigenvalue weighted by Gasteiger charge is -2.10. The Bertz CT molecular complexity index is 1300. The first-order chi connectivity index (χ1) is 14.5. The minimum atomic E-state index is -4.17. The molecule has 3 N–H and O–H groups in total. The fraction of sp³-hybridized carbons (Fsp3) is 0.222. The minimum Gasteiger partial charge on any atom is -0.403 e. The summed E-state index contributed by atoms with van der Waals surface area (Å²) in [5, 5.41) is 24.0. The number of aryl methyl sites for hydroxylation is 2. The van der Waals surface area contributed by atoms with Crippen molar-refractivity contribution >= 4 is 44.6 Å². The molecule has 0 aliphatic carbocycles. The van der Waals surface area contributed by atoms with Gasteiger partial charge in [0.2, 0.25) is 0 Å². The van der Waals surface area contributed by atoms with Crippen LogP contribution < -0.4 is 14.2 Å². The van der Waals surface area contributed by atoms with E-state index in [1.54, 1.807) is 13.8 Å². The normalized spacial score (nSPS) is 14.6. The fourth-order valence-electron chi connectivity index (χ4n) is 2.93. The average Bonchev–Trinajstić information content (AvgIpc) is 3.35.